The smallest absolute Gasteiger partial charge is 0.223 e. The summed E-state index contributed by atoms with van der Waals surface area (Å²) in [6, 6.07) is 3.61. The van der Waals surface area contributed by atoms with Crippen molar-refractivity contribution >= 4 is 5.91 Å². The minimum atomic E-state index is -0.710. The van der Waals surface area contributed by atoms with Crippen molar-refractivity contribution in [2.45, 2.75) is 32.3 Å². The minimum Gasteiger partial charge on any atom is -0.441 e. The number of halogens is 2. The second-order valence-electron chi connectivity index (χ2n) is 5.96. The molecule has 1 fully saturated rings. The van der Waals surface area contributed by atoms with Gasteiger partial charge < -0.3 is 14.1 Å². The Bertz CT molecular complexity index is 727. The van der Waals surface area contributed by atoms with Crippen molar-refractivity contribution in [1.82, 2.24) is 9.88 Å². The van der Waals surface area contributed by atoms with Gasteiger partial charge in [-0.15, -0.1) is 0 Å². The van der Waals surface area contributed by atoms with Crippen LogP contribution in [0.15, 0.2) is 28.8 Å². The van der Waals surface area contributed by atoms with Gasteiger partial charge in [0.2, 0.25) is 5.91 Å². The lowest BCUT2D eigenvalue weighted by Crippen LogP contribution is -2.45. The van der Waals surface area contributed by atoms with Crippen LogP contribution in [-0.4, -0.2) is 41.6 Å². The molecule has 1 atom stereocenters. The van der Waals surface area contributed by atoms with Gasteiger partial charge in [0.1, 0.15) is 11.6 Å². The Kier molecular flexibility index (Phi) is 5.43. The Balaban J connectivity index is 1.61. The van der Waals surface area contributed by atoms with E-state index < -0.39 is 11.6 Å². The van der Waals surface area contributed by atoms with Gasteiger partial charge >= 0.3 is 0 Å². The summed E-state index contributed by atoms with van der Waals surface area (Å²) in [5, 5.41) is 0. The van der Waals surface area contributed by atoms with E-state index in [0.29, 0.717) is 19.7 Å². The van der Waals surface area contributed by atoms with Crippen LogP contribution in [0.3, 0.4) is 0 Å². The molecule has 1 aliphatic rings. The fraction of sp³-hybridized carbons (Fsp3) is 0.444. The van der Waals surface area contributed by atoms with Gasteiger partial charge in [-0.05, 0) is 18.6 Å². The average Bonchev–Trinajstić information content (AvgIpc) is 3.08. The van der Waals surface area contributed by atoms with Crippen molar-refractivity contribution in [3.8, 4) is 11.3 Å². The van der Waals surface area contributed by atoms with E-state index in [0.717, 1.165) is 18.6 Å². The molecule has 1 aromatic carbocycles. The van der Waals surface area contributed by atoms with Crippen LogP contribution in [0.2, 0.25) is 0 Å². The van der Waals surface area contributed by atoms with E-state index in [-0.39, 0.29) is 42.1 Å². The summed E-state index contributed by atoms with van der Waals surface area (Å²) < 4.78 is 38.5. The van der Waals surface area contributed by atoms with Gasteiger partial charge in [0.05, 0.1) is 24.5 Å². The lowest BCUT2D eigenvalue weighted by Gasteiger charge is -2.32. The Morgan fingerprint density at radius 2 is 2.12 bits per heavy atom. The van der Waals surface area contributed by atoms with Crippen LogP contribution >= 0.6 is 0 Å². The largest absolute Gasteiger partial charge is 0.441 e. The summed E-state index contributed by atoms with van der Waals surface area (Å²) in [5.74, 6) is -1.12. The Morgan fingerprint density at radius 3 is 2.84 bits per heavy atom. The highest BCUT2D eigenvalue weighted by molar-refractivity contribution is 5.76. The summed E-state index contributed by atoms with van der Waals surface area (Å²) in [6.45, 7) is 3.73. The van der Waals surface area contributed by atoms with E-state index in [1.54, 1.807) is 4.90 Å². The highest BCUT2D eigenvalue weighted by Crippen LogP contribution is 2.26. The maximum atomic E-state index is 13.8. The predicted octanol–water partition coefficient (Wildman–Crippen LogP) is 3.19. The number of ether oxygens (including phenoxy) is 1. The highest BCUT2D eigenvalue weighted by atomic mass is 19.1. The van der Waals surface area contributed by atoms with Crippen LogP contribution < -0.4 is 0 Å². The number of carbonyl (C=O) groups is 1. The number of rotatable bonds is 5. The lowest BCUT2D eigenvalue weighted by atomic mass is 10.1. The molecular weight excluding hydrogens is 330 g/mol. The maximum Gasteiger partial charge on any atom is 0.223 e. The van der Waals surface area contributed by atoms with Gasteiger partial charge in [0.25, 0.3) is 0 Å². The molecule has 2 aromatic rings. The third-order valence-corrected chi connectivity index (χ3v) is 4.26. The van der Waals surface area contributed by atoms with Gasteiger partial charge in [0, 0.05) is 25.9 Å². The highest BCUT2D eigenvalue weighted by Gasteiger charge is 2.23. The number of aryl methyl sites for hydroxylation is 1. The fourth-order valence-electron chi connectivity index (χ4n) is 2.84. The van der Waals surface area contributed by atoms with Crippen molar-refractivity contribution < 1.29 is 22.7 Å². The summed E-state index contributed by atoms with van der Waals surface area (Å²) in [7, 11) is 0. The quantitative estimate of drug-likeness (QED) is 0.831. The summed E-state index contributed by atoms with van der Waals surface area (Å²) >= 11 is 0. The number of nitrogens with zero attached hydrogens (tertiary/aromatic N) is 2. The standard InChI is InChI=1S/C18H20F2N2O3/c1-2-12-11-22(8-9-24-12)17(23)7-6-16-21-10-15(25-16)18-13(19)4-3-5-14(18)20/h3-5,10,12H,2,6-9,11H2,1H3/t12-/m0/s1. The molecule has 5 nitrogen and oxygen atoms in total. The van der Waals surface area contributed by atoms with Crippen molar-refractivity contribution in [3.63, 3.8) is 0 Å². The zero-order valence-electron chi connectivity index (χ0n) is 14.0. The number of hydrogen-bond acceptors (Lipinski definition) is 4. The SMILES string of the molecule is CC[C@H]1CN(C(=O)CCc2ncc(-c3c(F)cccc3F)o2)CCO1. The van der Waals surface area contributed by atoms with E-state index >= 15 is 0 Å². The van der Waals surface area contributed by atoms with Gasteiger partial charge in [0.15, 0.2) is 11.7 Å². The summed E-state index contributed by atoms with van der Waals surface area (Å²) in [5.41, 5.74) is -0.244. The Morgan fingerprint density at radius 1 is 1.36 bits per heavy atom. The van der Waals surface area contributed by atoms with E-state index in [1.807, 2.05) is 6.92 Å². The Labute approximate surface area is 144 Å². The molecule has 0 spiro atoms. The summed E-state index contributed by atoms with van der Waals surface area (Å²) in [6.07, 6.45) is 2.73. The van der Waals surface area contributed by atoms with Crippen LogP contribution in [0, 0.1) is 11.6 Å². The Hall–Kier alpha value is -2.28. The molecule has 1 aliphatic heterocycles. The second-order valence-corrected chi connectivity index (χ2v) is 5.96. The number of oxazole rings is 1. The number of benzene rings is 1. The number of amides is 1. The summed E-state index contributed by atoms with van der Waals surface area (Å²) in [4.78, 5) is 18.1. The molecule has 0 aliphatic carbocycles. The monoisotopic (exact) mass is 350 g/mol. The zero-order valence-corrected chi connectivity index (χ0v) is 14.0. The van der Waals surface area contributed by atoms with Crippen molar-refractivity contribution in [1.29, 1.82) is 0 Å². The van der Waals surface area contributed by atoms with Crippen molar-refractivity contribution in [2.75, 3.05) is 19.7 Å². The second kappa shape index (κ2) is 7.74. The van der Waals surface area contributed by atoms with Crippen molar-refractivity contribution in [2.24, 2.45) is 0 Å². The van der Waals surface area contributed by atoms with Crippen LogP contribution in [0.5, 0.6) is 0 Å². The molecule has 0 radical (unpaired) electrons. The molecule has 0 N–H and O–H groups in total. The number of hydrogen-bond donors (Lipinski definition) is 0. The van der Waals surface area contributed by atoms with E-state index in [9.17, 15) is 13.6 Å². The van der Waals surface area contributed by atoms with E-state index in [1.165, 1.54) is 12.3 Å². The molecule has 2 heterocycles. The first-order chi connectivity index (χ1) is 12.1. The molecular formula is C18H20F2N2O3. The predicted molar refractivity (Wildman–Crippen MR) is 86.8 cm³/mol. The molecule has 0 bridgehead atoms. The molecule has 134 valence electrons. The van der Waals surface area contributed by atoms with Crippen molar-refractivity contribution in [3.05, 3.63) is 41.9 Å². The van der Waals surface area contributed by atoms with Gasteiger partial charge in [-0.2, -0.15) is 0 Å². The maximum absolute atomic E-state index is 13.8. The van der Waals surface area contributed by atoms with E-state index in [4.69, 9.17) is 9.15 Å². The van der Waals surface area contributed by atoms with Gasteiger partial charge in [-0.1, -0.05) is 13.0 Å². The number of morpholine rings is 1. The molecule has 25 heavy (non-hydrogen) atoms. The molecule has 0 saturated carbocycles. The molecule has 1 saturated heterocycles. The fourth-order valence-corrected chi connectivity index (χ4v) is 2.84. The third kappa shape index (κ3) is 4.04. The van der Waals surface area contributed by atoms with Gasteiger partial charge in [-0.3, -0.25) is 4.79 Å². The lowest BCUT2D eigenvalue weighted by molar-refractivity contribution is -0.138. The topological polar surface area (TPSA) is 55.6 Å². The normalized spacial score (nSPS) is 17.7. The average molecular weight is 350 g/mol. The molecule has 7 heteroatoms. The van der Waals surface area contributed by atoms with Crippen LogP contribution in [0.25, 0.3) is 11.3 Å². The molecule has 3 rings (SSSR count). The first-order valence-electron chi connectivity index (χ1n) is 8.37. The molecule has 0 unspecified atom stereocenters. The van der Waals surface area contributed by atoms with E-state index in [2.05, 4.69) is 4.98 Å². The van der Waals surface area contributed by atoms with Crippen LogP contribution in [0.1, 0.15) is 25.7 Å². The number of carbonyl (C=O) groups excluding carboxylic acids is 1. The molecule has 1 aromatic heterocycles. The zero-order chi connectivity index (χ0) is 17.8. The minimum absolute atomic E-state index is 0.00132. The van der Waals surface area contributed by atoms with Gasteiger partial charge in [-0.25, -0.2) is 13.8 Å². The van der Waals surface area contributed by atoms with Crippen LogP contribution in [-0.2, 0) is 16.0 Å². The third-order valence-electron chi connectivity index (χ3n) is 4.26. The van der Waals surface area contributed by atoms with Crippen LogP contribution in [0.4, 0.5) is 8.78 Å². The first kappa shape index (κ1) is 17.5. The number of aromatic nitrogens is 1. The molecule has 1 amide bonds. The first-order valence-corrected chi connectivity index (χ1v) is 8.37.